The Morgan fingerprint density at radius 3 is 2.40 bits per heavy atom. The van der Waals surface area contributed by atoms with Gasteiger partial charge in [-0.3, -0.25) is 0 Å². The van der Waals surface area contributed by atoms with Crippen molar-refractivity contribution in [3.05, 3.63) is 17.0 Å². The van der Waals surface area contributed by atoms with Crippen molar-refractivity contribution in [2.75, 3.05) is 12.3 Å². The first-order chi connectivity index (χ1) is 9.10. The van der Waals surface area contributed by atoms with Crippen molar-refractivity contribution < 1.29 is 16.8 Å². The molecule has 0 unspecified atom stereocenters. The van der Waals surface area contributed by atoms with Crippen molar-refractivity contribution >= 4 is 41.1 Å². The van der Waals surface area contributed by atoms with Gasteiger partial charge >= 0.3 is 0 Å². The lowest BCUT2D eigenvalue weighted by Crippen LogP contribution is -2.28. The number of thiophene rings is 1. The van der Waals surface area contributed by atoms with Gasteiger partial charge in [-0.15, -0.1) is 11.3 Å². The third kappa shape index (κ3) is 6.53. The molecule has 0 aromatic carbocycles. The maximum Gasteiger partial charge on any atom is 0.270 e. The summed E-state index contributed by atoms with van der Waals surface area (Å²) in [6.45, 7) is 4.19. The molecule has 5 nitrogen and oxygen atoms in total. The molecule has 0 amide bonds. The molecule has 0 atom stereocenters. The van der Waals surface area contributed by atoms with E-state index in [4.69, 9.17) is 10.7 Å². The molecule has 116 valence electrons. The third-order valence-corrected chi connectivity index (χ3v) is 7.19. The fraction of sp³-hybridized carbons (Fsp3) is 0.636. The number of nitrogens with one attached hydrogen (secondary N) is 1. The van der Waals surface area contributed by atoms with Crippen molar-refractivity contribution in [1.29, 1.82) is 0 Å². The SMILES string of the molecule is CC(C)CCS(=O)(=O)NCCc1ccc(S(=O)(=O)Cl)s1. The van der Waals surface area contributed by atoms with Crippen LogP contribution in [-0.4, -0.2) is 29.1 Å². The minimum Gasteiger partial charge on any atom is -0.215 e. The topological polar surface area (TPSA) is 80.3 Å². The van der Waals surface area contributed by atoms with Gasteiger partial charge in [0, 0.05) is 22.1 Å². The van der Waals surface area contributed by atoms with Gasteiger partial charge in [-0.25, -0.2) is 21.6 Å². The molecule has 1 aromatic rings. The predicted molar refractivity (Wildman–Crippen MR) is 82.3 cm³/mol. The summed E-state index contributed by atoms with van der Waals surface area (Å²) in [6.07, 6.45) is 1.06. The van der Waals surface area contributed by atoms with E-state index < -0.39 is 19.1 Å². The fourth-order valence-corrected chi connectivity index (χ4v) is 4.88. The normalized spacial score (nSPS) is 13.0. The van der Waals surface area contributed by atoms with Gasteiger partial charge in [0.15, 0.2) is 0 Å². The summed E-state index contributed by atoms with van der Waals surface area (Å²) in [4.78, 5) is 0.774. The first-order valence-electron chi connectivity index (χ1n) is 6.11. The first kappa shape index (κ1) is 17.9. The number of rotatable bonds is 8. The predicted octanol–water partition coefficient (Wildman–Crippen LogP) is 2.18. The molecule has 1 N–H and O–H groups in total. The average Bonchev–Trinajstić information content (AvgIpc) is 2.75. The van der Waals surface area contributed by atoms with Crippen LogP contribution in [0.3, 0.4) is 0 Å². The molecule has 0 aliphatic heterocycles. The van der Waals surface area contributed by atoms with Crippen LogP contribution in [-0.2, 0) is 25.5 Å². The first-order valence-corrected chi connectivity index (χ1v) is 10.9. The maximum atomic E-state index is 11.7. The summed E-state index contributed by atoms with van der Waals surface area (Å²) >= 11 is 1.05. The summed E-state index contributed by atoms with van der Waals surface area (Å²) in [5, 5.41) is 0. The van der Waals surface area contributed by atoms with Crippen molar-refractivity contribution in [2.45, 2.75) is 30.9 Å². The molecule has 1 aromatic heterocycles. The highest BCUT2D eigenvalue weighted by atomic mass is 35.7. The minimum atomic E-state index is -3.70. The van der Waals surface area contributed by atoms with Crippen LogP contribution in [0.5, 0.6) is 0 Å². The summed E-state index contributed by atoms with van der Waals surface area (Å²) in [6, 6.07) is 3.07. The lowest BCUT2D eigenvalue weighted by molar-refractivity contribution is 0.562. The molecule has 0 saturated carbocycles. The molecule has 9 heteroatoms. The smallest absolute Gasteiger partial charge is 0.215 e. The Balaban J connectivity index is 2.47. The minimum absolute atomic E-state index is 0.0804. The van der Waals surface area contributed by atoms with E-state index in [1.54, 1.807) is 6.07 Å². The van der Waals surface area contributed by atoms with Crippen molar-refractivity contribution in [3.63, 3.8) is 0 Å². The number of sulfonamides is 1. The van der Waals surface area contributed by atoms with Gasteiger partial charge < -0.3 is 0 Å². The summed E-state index contributed by atoms with van der Waals surface area (Å²) < 4.78 is 48.1. The van der Waals surface area contributed by atoms with Crippen molar-refractivity contribution in [1.82, 2.24) is 4.72 Å². The van der Waals surface area contributed by atoms with Crippen LogP contribution in [0.25, 0.3) is 0 Å². The van der Waals surface area contributed by atoms with Gasteiger partial charge in [-0.05, 0) is 30.9 Å². The van der Waals surface area contributed by atoms with Gasteiger partial charge in [-0.2, -0.15) is 0 Å². The monoisotopic (exact) mass is 359 g/mol. The molecule has 0 saturated heterocycles. The zero-order valence-corrected chi connectivity index (χ0v) is 14.5. The largest absolute Gasteiger partial charge is 0.270 e. The summed E-state index contributed by atoms with van der Waals surface area (Å²) in [7, 11) is -1.74. The molecule has 1 heterocycles. The standard InChI is InChI=1S/C11H18ClNO4S3/c1-9(2)6-8-19(14,15)13-7-5-10-3-4-11(18-10)20(12,16)17/h3-4,9,13H,5-8H2,1-2H3. The second-order valence-corrected chi connectivity index (χ2v) is 10.7. The van der Waals surface area contributed by atoms with E-state index in [-0.39, 0.29) is 16.5 Å². The molecular formula is C11H18ClNO4S3. The number of hydrogen-bond acceptors (Lipinski definition) is 5. The number of halogens is 1. The second kappa shape index (κ2) is 7.22. The second-order valence-electron chi connectivity index (χ2n) is 4.80. The molecule has 0 radical (unpaired) electrons. The van der Waals surface area contributed by atoms with E-state index in [0.717, 1.165) is 16.2 Å². The van der Waals surface area contributed by atoms with Gasteiger partial charge in [0.25, 0.3) is 9.05 Å². The molecular weight excluding hydrogens is 342 g/mol. The van der Waals surface area contributed by atoms with Crippen LogP contribution in [0.15, 0.2) is 16.3 Å². The summed E-state index contributed by atoms with van der Waals surface area (Å²) in [5.41, 5.74) is 0. The Bertz CT molecular complexity index is 634. The Morgan fingerprint density at radius 2 is 1.90 bits per heavy atom. The van der Waals surface area contributed by atoms with Crippen LogP contribution in [0, 0.1) is 5.92 Å². The average molecular weight is 360 g/mol. The highest BCUT2D eigenvalue weighted by Gasteiger charge is 2.14. The van der Waals surface area contributed by atoms with Crippen molar-refractivity contribution in [2.24, 2.45) is 5.92 Å². The third-order valence-electron chi connectivity index (χ3n) is 2.53. The maximum absolute atomic E-state index is 11.7. The molecule has 20 heavy (non-hydrogen) atoms. The fourth-order valence-electron chi connectivity index (χ4n) is 1.42. The van der Waals surface area contributed by atoms with Crippen molar-refractivity contribution in [3.8, 4) is 0 Å². The van der Waals surface area contributed by atoms with E-state index >= 15 is 0 Å². The zero-order valence-electron chi connectivity index (χ0n) is 11.3. The van der Waals surface area contributed by atoms with Gasteiger partial charge in [0.05, 0.1) is 5.75 Å². The van der Waals surface area contributed by atoms with E-state index in [2.05, 4.69) is 4.72 Å². The Morgan fingerprint density at radius 1 is 1.25 bits per heavy atom. The van der Waals surface area contributed by atoms with Crippen LogP contribution in [0.1, 0.15) is 25.1 Å². The van der Waals surface area contributed by atoms with Gasteiger partial charge in [0.2, 0.25) is 10.0 Å². The highest BCUT2D eigenvalue weighted by molar-refractivity contribution is 8.15. The van der Waals surface area contributed by atoms with E-state index in [9.17, 15) is 16.8 Å². The molecule has 1 rings (SSSR count). The number of hydrogen-bond donors (Lipinski definition) is 1. The quantitative estimate of drug-likeness (QED) is 0.721. The molecule has 0 fully saturated rings. The Hall–Kier alpha value is -0.150. The van der Waals surface area contributed by atoms with Crippen LogP contribution in [0.2, 0.25) is 0 Å². The van der Waals surface area contributed by atoms with Gasteiger partial charge in [-0.1, -0.05) is 13.8 Å². The van der Waals surface area contributed by atoms with E-state index in [0.29, 0.717) is 18.8 Å². The Labute approximate surface area is 128 Å². The molecule has 0 aliphatic carbocycles. The summed E-state index contributed by atoms with van der Waals surface area (Å²) in [5.74, 6) is 0.441. The van der Waals surface area contributed by atoms with Crippen LogP contribution in [0.4, 0.5) is 0 Å². The Kier molecular flexibility index (Phi) is 6.46. The molecule has 0 spiro atoms. The lowest BCUT2D eigenvalue weighted by atomic mass is 10.2. The highest BCUT2D eigenvalue weighted by Crippen LogP contribution is 2.24. The van der Waals surface area contributed by atoms with Crippen LogP contribution < -0.4 is 4.72 Å². The van der Waals surface area contributed by atoms with E-state index in [1.165, 1.54) is 6.07 Å². The van der Waals surface area contributed by atoms with Crippen LogP contribution >= 0.6 is 22.0 Å². The van der Waals surface area contributed by atoms with E-state index in [1.807, 2.05) is 13.8 Å². The van der Waals surface area contributed by atoms with Gasteiger partial charge in [0.1, 0.15) is 4.21 Å². The molecule has 0 aliphatic rings. The zero-order chi connectivity index (χ0) is 15.4. The lowest BCUT2D eigenvalue weighted by Gasteiger charge is -2.07. The molecule has 0 bridgehead atoms.